The fraction of sp³-hybridized carbons (Fsp3) is 0.200. The molecule has 0 unspecified atom stereocenters. The Kier molecular flexibility index (Phi) is 4.93. The number of aryl methyl sites for hydroxylation is 1. The number of rotatable bonds is 6. The molecule has 4 aromatic rings. The average Bonchev–Trinajstić information content (AvgIpc) is 3.37. The molecule has 6 nitrogen and oxygen atoms in total. The van der Waals surface area contributed by atoms with Crippen molar-refractivity contribution in [3.63, 3.8) is 0 Å². The first-order chi connectivity index (χ1) is 13.2. The minimum atomic E-state index is -0.236. The Morgan fingerprint density at radius 3 is 2.89 bits per heavy atom. The number of unbranched alkanes of at least 4 members (excludes halogenated alkanes) is 1. The molecule has 4 rings (SSSR count). The SMILES string of the molecule is CCCCc1nnc(NC(=O)c2cc(-c3ccco3)nc3ccccc23)s1. The lowest BCUT2D eigenvalue weighted by molar-refractivity contribution is 0.102. The van der Waals surface area contributed by atoms with Crippen LogP contribution in [0.15, 0.2) is 53.1 Å². The zero-order valence-corrected chi connectivity index (χ0v) is 15.6. The number of amides is 1. The van der Waals surface area contributed by atoms with Crippen LogP contribution in [0, 0.1) is 0 Å². The third-order valence-electron chi connectivity index (χ3n) is 4.17. The summed E-state index contributed by atoms with van der Waals surface area (Å²) in [5, 5.41) is 13.3. The van der Waals surface area contributed by atoms with Crippen LogP contribution in [0.5, 0.6) is 0 Å². The van der Waals surface area contributed by atoms with Crippen LogP contribution in [-0.2, 0) is 6.42 Å². The number of aromatic nitrogens is 3. The van der Waals surface area contributed by atoms with Crippen LogP contribution >= 0.6 is 11.3 Å². The Balaban J connectivity index is 1.67. The zero-order valence-electron chi connectivity index (χ0n) is 14.8. The van der Waals surface area contributed by atoms with Crippen molar-refractivity contribution < 1.29 is 9.21 Å². The van der Waals surface area contributed by atoms with Gasteiger partial charge in [-0.15, -0.1) is 10.2 Å². The summed E-state index contributed by atoms with van der Waals surface area (Å²) in [6, 6.07) is 12.9. The standard InChI is InChI=1S/C20H18N4O2S/c1-2-3-10-18-23-24-20(27-18)22-19(25)14-12-16(17-9-6-11-26-17)21-15-8-5-4-7-13(14)15/h4-9,11-12H,2-3,10H2,1H3,(H,22,24,25). The predicted molar refractivity (Wildman–Crippen MR) is 106 cm³/mol. The largest absolute Gasteiger partial charge is 0.463 e. The van der Waals surface area contributed by atoms with Crippen LogP contribution in [0.3, 0.4) is 0 Å². The lowest BCUT2D eigenvalue weighted by Gasteiger charge is -2.08. The van der Waals surface area contributed by atoms with Crippen LogP contribution in [0.25, 0.3) is 22.4 Å². The number of fused-ring (bicyclic) bond motifs is 1. The van der Waals surface area contributed by atoms with Gasteiger partial charge >= 0.3 is 0 Å². The van der Waals surface area contributed by atoms with E-state index in [0.717, 1.165) is 35.2 Å². The van der Waals surface area contributed by atoms with Gasteiger partial charge in [0.15, 0.2) is 5.76 Å². The lowest BCUT2D eigenvalue weighted by Crippen LogP contribution is -2.13. The summed E-state index contributed by atoms with van der Waals surface area (Å²) in [7, 11) is 0. The van der Waals surface area contributed by atoms with Gasteiger partial charge in [0.05, 0.1) is 17.3 Å². The van der Waals surface area contributed by atoms with Crippen LogP contribution in [0.4, 0.5) is 5.13 Å². The molecular formula is C20H18N4O2S. The summed E-state index contributed by atoms with van der Waals surface area (Å²) in [4.78, 5) is 17.5. The van der Waals surface area contributed by atoms with Gasteiger partial charge < -0.3 is 4.42 Å². The first kappa shape index (κ1) is 17.4. The van der Waals surface area contributed by atoms with E-state index < -0.39 is 0 Å². The van der Waals surface area contributed by atoms with E-state index in [4.69, 9.17) is 4.42 Å². The molecule has 1 N–H and O–H groups in total. The fourth-order valence-electron chi connectivity index (χ4n) is 2.81. The van der Waals surface area contributed by atoms with E-state index in [9.17, 15) is 4.79 Å². The molecule has 136 valence electrons. The second kappa shape index (κ2) is 7.67. The maximum Gasteiger partial charge on any atom is 0.258 e. The maximum absolute atomic E-state index is 12.9. The number of carbonyl (C=O) groups excluding carboxylic acids is 1. The number of anilines is 1. The predicted octanol–water partition coefficient (Wildman–Crippen LogP) is 4.94. The molecule has 3 aromatic heterocycles. The average molecular weight is 378 g/mol. The van der Waals surface area contributed by atoms with Crippen LogP contribution in [0.1, 0.15) is 35.1 Å². The first-order valence-corrected chi connectivity index (χ1v) is 9.63. The number of benzene rings is 1. The second-order valence-corrected chi connectivity index (χ2v) is 7.17. The van der Waals surface area contributed by atoms with E-state index in [1.807, 2.05) is 30.3 Å². The minimum Gasteiger partial charge on any atom is -0.463 e. The topological polar surface area (TPSA) is 80.9 Å². The number of furan rings is 1. The highest BCUT2D eigenvalue weighted by Crippen LogP contribution is 2.26. The van der Waals surface area contributed by atoms with Crippen LogP contribution in [0.2, 0.25) is 0 Å². The Morgan fingerprint density at radius 1 is 1.19 bits per heavy atom. The highest BCUT2D eigenvalue weighted by atomic mass is 32.1. The number of nitrogens with one attached hydrogen (secondary N) is 1. The molecule has 0 aliphatic rings. The molecule has 0 radical (unpaired) electrons. The number of pyridine rings is 1. The van der Waals surface area contributed by atoms with E-state index >= 15 is 0 Å². The van der Waals surface area contributed by atoms with Gasteiger partial charge in [-0.05, 0) is 30.7 Å². The molecule has 0 bridgehead atoms. The molecule has 0 saturated carbocycles. The Labute approximate surface area is 160 Å². The zero-order chi connectivity index (χ0) is 18.6. The van der Waals surface area contributed by atoms with E-state index in [-0.39, 0.29) is 5.91 Å². The molecule has 1 amide bonds. The fourth-order valence-corrected chi connectivity index (χ4v) is 3.59. The van der Waals surface area contributed by atoms with Gasteiger partial charge in [0, 0.05) is 11.8 Å². The van der Waals surface area contributed by atoms with Crippen molar-refractivity contribution in [2.24, 2.45) is 0 Å². The second-order valence-electron chi connectivity index (χ2n) is 6.11. The molecular weight excluding hydrogens is 360 g/mol. The minimum absolute atomic E-state index is 0.236. The van der Waals surface area contributed by atoms with Crippen molar-refractivity contribution in [3.8, 4) is 11.5 Å². The van der Waals surface area contributed by atoms with Crippen molar-refractivity contribution in [2.45, 2.75) is 26.2 Å². The van der Waals surface area contributed by atoms with Gasteiger partial charge in [0.1, 0.15) is 10.7 Å². The third kappa shape index (κ3) is 3.73. The summed E-state index contributed by atoms with van der Waals surface area (Å²) >= 11 is 1.41. The van der Waals surface area contributed by atoms with E-state index in [2.05, 4.69) is 27.4 Å². The highest BCUT2D eigenvalue weighted by Gasteiger charge is 2.16. The molecule has 0 saturated heterocycles. The van der Waals surface area contributed by atoms with E-state index in [1.165, 1.54) is 11.3 Å². The Bertz CT molecular complexity index is 1070. The number of carbonyl (C=O) groups is 1. The Hall–Kier alpha value is -3.06. The van der Waals surface area contributed by atoms with Gasteiger partial charge in [-0.1, -0.05) is 42.9 Å². The van der Waals surface area contributed by atoms with Crippen molar-refractivity contribution in [1.29, 1.82) is 0 Å². The molecule has 0 aliphatic heterocycles. The van der Waals surface area contributed by atoms with E-state index in [0.29, 0.717) is 22.1 Å². The summed E-state index contributed by atoms with van der Waals surface area (Å²) in [5.41, 5.74) is 1.87. The van der Waals surface area contributed by atoms with Gasteiger partial charge in [-0.2, -0.15) is 0 Å². The molecule has 7 heteroatoms. The summed E-state index contributed by atoms with van der Waals surface area (Å²) in [6.07, 6.45) is 4.62. The maximum atomic E-state index is 12.9. The molecule has 0 aliphatic carbocycles. The van der Waals surface area contributed by atoms with Crippen molar-refractivity contribution in [1.82, 2.24) is 15.2 Å². The highest BCUT2D eigenvalue weighted by molar-refractivity contribution is 7.15. The first-order valence-electron chi connectivity index (χ1n) is 8.82. The summed E-state index contributed by atoms with van der Waals surface area (Å²) in [5.74, 6) is 0.382. The molecule has 0 fully saturated rings. The number of hydrogen-bond acceptors (Lipinski definition) is 6. The van der Waals surface area contributed by atoms with Crippen molar-refractivity contribution in [3.05, 3.63) is 59.3 Å². The lowest BCUT2D eigenvalue weighted by atomic mass is 10.1. The van der Waals surface area contributed by atoms with E-state index in [1.54, 1.807) is 18.4 Å². The van der Waals surface area contributed by atoms with Gasteiger partial charge in [-0.25, -0.2) is 4.98 Å². The number of para-hydroxylation sites is 1. The quantitative estimate of drug-likeness (QED) is 0.514. The third-order valence-corrected chi connectivity index (χ3v) is 5.06. The number of nitrogens with zero attached hydrogens (tertiary/aromatic N) is 3. The smallest absolute Gasteiger partial charge is 0.258 e. The molecule has 3 heterocycles. The normalized spacial score (nSPS) is 11.0. The molecule has 27 heavy (non-hydrogen) atoms. The number of hydrogen-bond donors (Lipinski definition) is 1. The van der Waals surface area contributed by atoms with Gasteiger partial charge in [-0.3, -0.25) is 10.1 Å². The van der Waals surface area contributed by atoms with Gasteiger partial charge in [0.25, 0.3) is 5.91 Å². The van der Waals surface area contributed by atoms with Crippen LogP contribution in [-0.4, -0.2) is 21.1 Å². The monoisotopic (exact) mass is 378 g/mol. The summed E-state index contributed by atoms with van der Waals surface area (Å²) < 4.78 is 5.45. The molecule has 0 spiro atoms. The van der Waals surface area contributed by atoms with Crippen LogP contribution < -0.4 is 5.32 Å². The summed E-state index contributed by atoms with van der Waals surface area (Å²) in [6.45, 7) is 2.13. The van der Waals surface area contributed by atoms with Crippen molar-refractivity contribution in [2.75, 3.05) is 5.32 Å². The molecule has 0 atom stereocenters. The Morgan fingerprint density at radius 2 is 2.07 bits per heavy atom. The molecule has 1 aromatic carbocycles. The van der Waals surface area contributed by atoms with Crippen molar-refractivity contribution >= 4 is 33.3 Å². The van der Waals surface area contributed by atoms with Gasteiger partial charge in [0.2, 0.25) is 5.13 Å².